The minimum Gasteiger partial charge on any atom is -0.378 e. The highest BCUT2D eigenvalue weighted by molar-refractivity contribution is 6.07. The molecule has 2 amide bonds. The summed E-state index contributed by atoms with van der Waals surface area (Å²) in [6, 6.07) is 9.71. The maximum Gasteiger partial charge on any atom is 0.254 e. The first-order valence-corrected chi connectivity index (χ1v) is 11.1. The topological polar surface area (TPSA) is 75.2 Å². The minimum atomic E-state index is -0.275. The lowest BCUT2D eigenvalue weighted by Gasteiger charge is -2.36. The number of benzene rings is 1. The number of carbonyl (C=O) groups excluding carboxylic acids is 2. The van der Waals surface area contributed by atoms with Crippen molar-refractivity contribution in [2.24, 2.45) is 0 Å². The number of rotatable bonds is 3. The molecular formula is C23H28N4O4. The Labute approximate surface area is 181 Å². The Bertz CT molecular complexity index is 961. The normalized spacial score (nSPS) is 22.2. The van der Waals surface area contributed by atoms with Crippen molar-refractivity contribution in [3.8, 4) is 0 Å². The van der Waals surface area contributed by atoms with E-state index in [2.05, 4.69) is 4.90 Å². The number of hydrogen-bond donors (Lipinski definition) is 0. The summed E-state index contributed by atoms with van der Waals surface area (Å²) in [7, 11) is 0. The van der Waals surface area contributed by atoms with Gasteiger partial charge in [-0.2, -0.15) is 0 Å². The molecule has 1 aromatic carbocycles. The van der Waals surface area contributed by atoms with Crippen molar-refractivity contribution >= 4 is 28.5 Å². The van der Waals surface area contributed by atoms with Crippen molar-refractivity contribution < 1.29 is 19.1 Å². The highest BCUT2D eigenvalue weighted by atomic mass is 16.5. The Hall–Kier alpha value is -2.71. The zero-order chi connectivity index (χ0) is 21.2. The van der Waals surface area contributed by atoms with Gasteiger partial charge in [-0.15, -0.1) is 0 Å². The van der Waals surface area contributed by atoms with Crippen LogP contribution in [0.15, 0.2) is 30.3 Å². The van der Waals surface area contributed by atoms with Gasteiger partial charge in [-0.25, -0.2) is 4.98 Å². The van der Waals surface area contributed by atoms with Crippen molar-refractivity contribution in [1.29, 1.82) is 0 Å². The van der Waals surface area contributed by atoms with E-state index in [9.17, 15) is 9.59 Å². The summed E-state index contributed by atoms with van der Waals surface area (Å²) in [4.78, 5) is 36.7. The van der Waals surface area contributed by atoms with Gasteiger partial charge in [-0.05, 0) is 25.0 Å². The SMILES string of the molecule is O=C(c1cc(N2CCN(C(=O)C3CCCO3)CC2)nc2ccccc12)N1CCOCC1. The number of aromatic nitrogens is 1. The van der Waals surface area contributed by atoms with E-state index >= 15 is 0 Å². The maximum absolute atomic E-state index is 13.3. The zero-order valence-corrected chi connectivity index (χ0v) is 17.7. The summed E-state index contributed by atoms with van der Waals surface area (Å²) in [5.41, 5.74) is 1.50. The molecule has 3 fully saturated rings. The molecule has 5 rings (SSSR count). The second-order valence-corrected chi connectivity index (χ2v) is 8.26. The van der Waals surface area contributed by atoms with E-state index in [0.717, 1.165) is 29.6 Å². The molecular weight excluding hydrogens is 396 g/mol. The van der Waals surface area contributed by atoms with Gasteiger partial charge >= 0.3 is 0 Å². The first-order valence-electron chi connectivity index (χ1n) is 11.1. The van der Waals surface area contributed by atoms with Crippen LogP contribution in [-0.4, -0.2) is 91.8 Å². The monoisotopic (exact) mass is 424 g/mol. The van der Waals surface area contributed by atoms with Gasteiger partial charge in [0.15, 0.2) is 0 Å². The van der Waals surface area contributed by atoms with Gasteiger partial charge in [0.2, 0.25) is 0 Å². The van der Waals surface area contributed by atoms with Crippen molar-refractivity contribution in [2.75, 3.05) is 64.0 Å². The summed E-state index contributed by atoms with van der Waals surface area (Å²) in [5, 5.41) is 0.870. The van der Waals surface area contributed by atoms with Crippen LogP contribution in [0.3, 0.4) is 0 Å². The summed E-state index contributed by atoms with van der Waals surface area (Å²) < 4.78 is 11.0. The number of carbonyl (C=O) groups is 2. The molecule has 1 unspecified atom stereocenters. The van der Waals surface area contributed by atoms with Crippen LogP contribution in [0.25, 0.3) is 10.9 Å². The third kappa shape index (κ3) is 4.09. The first-order chi connectivity index (χ1) is 15.2. The third-order valence-electron chi connectivity index (χ3n) is 6.35. The number of ether oxygens (including phenoxy) is 2. The van der Waals surface area contributed by atoms with Crippen molar-refractivity contribution in [2.45, 2.75) is 18.9 Å². The molecule has 3 saturated heterocycles. The number of morpholine rings is 1. The number of nitrogens with zero attached hydrogens (tertiary/aromatic N) is 4. The standard InChI is InChI=1S/C23H28N4O4/c28-22(27-11-14-30-15-12-27)18-16-21(24-19-5-2-1-4-17(18)19)25-7-9-26(10-8-25)23(29)20-6-3-13-31-20/h1-2,4-5,16,20H,3,6-15H2. The van der Waals surface area contributed by atoms with Crippen molar-refractivity contribution in [3.05, 3.63) is 35.9 Å². The zero-order valence-electron chi connectivity index (χ0n) is 17.7. The van der Waals surface area contributed by atoms with E-state index in [1.54, 1.807) is 0 Å². The third-order valence-corrected chi connectivity index (χ3v) is 6.35. The molecule has 31 heavy (non-hydrogen) atoms. The lowest BCUT2D eigenvalue weighted by Crippen LogP contribution is -2.51. The lowest BCUT2D eigenvalue weighted by molar-refractivity contribution is -0.141. The average Bonchev–Trinajstić information content (AvgIpc) is 3.38. The molecule has 0 N–H and O–H groups in total. The molecule has 2 aromatic rings. The van der Waals surface area contributed by atoms with Crippen LogP contribution in [0.1, 0.15) is 23.2 Å². The number of anilines is 1. The molecule has 0 spiro atoms. The van der Waals surface area contributed by atoms with E-state index in [1.807, 2.05) is 40.1 Å². The quantitative estimate of drug-likeness (QED) is 0.744. The molecule has 4 heterocycles. The van der Waals surface area contributed by atoms with E-state index in [4.69, 9.17) is 14.5 Å². The number of pyridine rings is 1. The van der Waals surface area contributed by atoms with Gasteiger partial charge in [0.05, 0.1) is 24.3 Å². The summed E-state index contributed by atoms with van der Waals surface area (Å²) in [6.45, 7) is 5.69. The predicted octanol–water partition coefficient (Wildman–Crippen LogP) is 1.53. The molecule has 0 saturated carbocycles. The fourth-order valence-electron chi connectivity index (χ4n) is 4.57. The first kappa shape index (κ1) is 20.2. The largest absolute Gasteiger partial charge is 0.378 e. The Kier molecular flexibility index (Phi) is 5.74. The van der Waals surface area contributed by atoms with Gasteiger partial charge in [0.1, 0.15) is 11.9 Å². The van der Waals surface area contributed by atoms with Gasteiger partial charge in [-0.3, -0.25) is 9.59 Å². The number of amides is 2. The van der Waals surface area contributed by atoms with Crippen LogP contribution in [0, 0.1) is 0 Å². The smallest absolute Gasteiger partial charge is 0.254 e. The van der Waals surface area contributed by atoms with Crippen molar-refractivity contribution in [1.82, 2.24) is 14.8 Å². The minimum absolute atomic E-state index is 0.0235. The summed E-state index contributed by atoms with van der Waals surface area (Å²) in [6.07, 6.45) is 1.50. The molecule has 8 heteroatoms. The lowest BCUT2D eigenvalue weighted by atomic mass is 10.1. The fraction of sp³-hybridized carbons (Fsp3) is 0.522. The number of fused-ring (bicyclic) bond motifs is 1. The van der Waals surface area contributed by atoms with Crippen LogP contribution in [0.4, 0.5) is 5.82 Å². The van der Waals surface area contributed by atoms with E-state index in [0.29, 0.717) is 64.7 Å². The Morgan fingerprint density at radius 3 is 2.45 bits per heavy atom. The Balaban J connectivity index is 1.36. The highest BCUT2D eigenvalue weighted by Crippen LogP contribution is 2.26. The number of para-hydroxylation sites is 1. The van der Waals surface area contributed by atoms with Gasteiger partial charge in [0, 0.05) is 51.3 Å². The van der Waals surface area contributed by atoms with E-state index in [-0.39, 0.29) is 17.9 Å². The number of piperazine rings is 1. The molecule has 8 nitrogen and oxygen atoms in total. The van der Waals surface area contributed by atoms with Gasteiger partial charge in [0.25, 0.3) is 11.8 Å². The van der Waals surface area contributed by atoms with Crippen LogP contribution in [0.2, 0.25) is 0 Å². The predicted molar refractivity (Wildman–Crippen MR) is 116 cm³/mol. The molecule has 0 bridgehead atoms. The molecule has 3 aliphatic heterocycles. The summed E-state index contributed by atoms with van der Waals surface area (Å²) >= 11 is 0. The number of hydrogen-bond acceptors (Lipinski definition) is 6. The van der Waals surface area contributed by atoms with Gasteiger partial charge < -0.3 is 24.2 Å². The Morgan fingerprint density at radius 1 is 0.935 bits per heavy atom. The van der Waals surface area contributed by atoms with E-state index in [1.165, 1.54) is 0 Å². The highest BCUT2D eigenvalue weighted by Gasteiger charge is 2.31. The van der Waals surface area contributed by atoms with E-state index < -0.39 is 0 Å². The second-order valence-electron chi connectivity index (χ2n) is 8.26. The molecule has 0 radical (unpaired) electrons. The molecule has 1 aromatic heterocycles. The molecule has 164 valence electrons. The van der Waals surface area contributed by atoms with Gasteiger partial charge in [-0.1, -0.05) is 18.2 Å². The fourth-order valence-corrected chi connectivity index (χ4v) is 4.57. The van der Waals surface area contributed by atoms with Crippen LogP contribution < -0.4 is 4.90 Å². The van der Waals surface area contributed by atoms with Crippen LogP contribution >= 0.6 is 0 Å². The summed E-state index contributed by atoms with van der Waals surface area (Å²) in [5.74, 6) is 0.918. The van der Waals surface area contributed by atoms with Crippen molar-refractivity contribution in [3.63, 3.8) is 0 Å². The molecule has 1 atom stereocenters. The maximum atomic E-state index is 13.3. The molecule has 0 aliphatic carbocycles. The average molecular weight is 425 g/mol. The molecule has 3 aliphatic rings. The second kappa shape index (κ2) is 8.80. The Morgan fingerprint density at radius 2 is 1.71 bits per heavy atom. The van der Waals surface area contributed by atoms with Crippen LogP contribution in [0.5, 0.6) is 0 Å². The van der Waals surface area contributed by atoms with Crippen LogP contribution in [-0.2, 0) is 14.3 Å².